The molecule has 0 heterocycles. The maximum atomic E-state index is 12.1. The minimum atomic E-state index is -3.89. The van der Waals surface area contributed by atoms with Crippen molar-refractivity contribution in [2.45, 2.75) is 4.90 Å². The van der Waals surface area contributed by atoms with E-state index in [1.54, 1.807) is 0 Å². The highest BCUT2D eigenvalue weighted by Gasteiger charge is 2.23. The number of carbonyl (C=O) groups excluding carboxylic acids is 1. The molecule has 0 fully saturated rings. The van der Waals surface area contributed by atoms with Gasteiger partial charge < -0.3 is 9.90 Å². The van der Waals surface area contributed by atoms with Gasteiger partial charge in [0.15, 0.2) is 0 Å². The molecule has 0 spiro atoms. The minimum absolute atomic E-state index is 0.0324. The molecule has 98 valence electrons. The maximum absolute atomic E-state index is 12.1. The molecule has 0 aliphatic carbocycles. The number of carboxylic acids is 1. The monoisotopic (exact) mass is 288 g/mol. The van der Waals surface area contributed by atoms with Gasteiger partial charge in [-0.25, -0.2) is 8.42 Å². The molecule has 1 aromatic carbocycles. The third-order valence-corrected chi connectivity index (χ3v) is 4.17. The summed E-state index contributed by atoms with van der Waals surface area (Å²) >= 11 is 5.66. The minimum Gasteiger partial charge on any atom is -0.549 e. The number of halogens is 1. The van der Waals surface area contributed by atoms with Crippen molar-refractivity contribution in [1.82, 2.24) is 4.31 Å². The lowest BCUT2D eigenvalue weighted by atomic mass is 10.4. The summed E-state index contributed by atoms with van der Waals surface area (Å²) < 4.78 is 25.0. The van der Waals surface area contributed by atoms with Gasteiger partial charge >= 0.3 is 0 Å². The molecule has 0 aliphatic heterocycles. The zero-order valence-electron chi connectivity index (χ0n) is 9.37. The smallest absolute Gasteiger partial charge is 0.243 e. The molecule has 0 aliphatic rings. The Labute approximate surface area is 110 Å². The number of hydrogen-bond donors (Lipinski definition) is 0. The highest BCUT2D eigenvalue weighted by atomic mass is 35.5. The van der Waals surface area contributed by atoms with Crippen molar-refractivity contribution < 1.29 is 18.3 Å². The van der Waals surface area contributed by atoms with Gasteiger partial charge in [-0.1, -0.05) is 17.7 Å². The zero-order chi connectivity index (χ0) is 13.8. The van der Waals surface area contributed by atoms with E-state index in [1.165, 1.54) is 30.3 Å². The largest absolute Gasteiger partial charge is 0.549 e. The van der Waals surface area contributed by atoms with Crippen molar-refractivity contribution in [3.63, 3.8) is 0 Å². The van der Waals surface area contributed by atoms with Gasteiger partial charge in [0.05, 0.1) is 17.4 Å². The zero-order valence-corrected chi connectivity index (χ0v) is 10.9. The molecule has 18 heavy (non-hydrogen) atoms. The summed E-state index contributed by atoms with van der Waals surface area (Å²) in [6.45, 7) is 2.55. The highest BCUT2D eigenvalue weighted by Crippen LogP contribution is 2.18. The summed E-state index contributed by atoms with van der Waals surface area (Å²) in [7, 11) is -3.89. The van der Waals surface area contributed by atoms with Crippen LogP contribution in [0.3, 0.4) is 0 Å². The van der Waals surface area contributed by atoms with Crippen LogP contribution in [-0.4, -0.2) is 31.8 Å². The number of carboxylic acid groups (broad SMARTS) is 1. The van der Waals surface area contributed by atoms with E-state index in [9.17, 15) is 18.3 Å². The molecule has 0 bridgehead atoms. The second-order valence-electron chi connectivity index (χ2n) is 3.41. The summed E-state index contributed by atoms with van der Waals surface area (Å²) in [6.07, 6.45) is 1.30. The van der Waals surface area contributed by atoms with Crippen molar-refractivity contribution in [3.8, 4) is 0 Å². The number of aliphatic carboxylic acids is 1. The van der Waals surface area contributed by atoms with Crippen LogP contribution in [0.5, 0.6) is 0 Å². The second-order valence-corrected chi connectivity index (χ2v) is 5.79. The molecule has 0 N–H and O–H groups in total. The standard InChI is InChI=1S/C11H12ClNO4S/c1-2-7-13(8-11(14)15)18(16,17)10-5-3-9(12)4-6-10/h2-6H,1,7-8H2,(H,14,15)/p-1. The van der Waals surface area contributed by atoms with E-state index in [2.05, 4.69) is 6.58 Å². The van der Waals surface area contributed by atoms with Crippen LogP contribution in [0, 0.1) is 0 Å². The Morgan fingerprint density at radius 1 is 1.39 bits per heavy atom. The van der Waals surface area contributed by atoms with Gasteiger partial charge in [0.2, 0.25) is 10.0 Å². The van der Waals surface area contributed by atoms with Crippen LogP contribution in [0.2, 0.25) is 5.02 Å². The van der Waals surface area contributed by atoms with Gasteiger partial charge in [-0.15, -0.1) is 6.58 Å². The molecular formula is C11H11ClNO4S-. The number of nitrogens with zero attached hydrogens (tertiary/aromatic N) is 1. The fourth-order valence-electron chi connectivity index (χ4n) is 1.29. The van der Waals surface area contributed by atoms with Crippen molar-refractivity contribution in [3.05, 3.63) is 41.9 Å². The van der Waals surface area contributed by atoms with E-state index in [0.29, 0.717) is 5.02 Å². The average Bonchev–Trinajstić information content (AvgIpc) is 2.28. The van der Waals surface area contributed by atoms with E-state index in [0.717, 1.165) is 4.31 Å². The first kappa shape index (κ1) is 14.7. The maximum Gasteiger partial charge on any atom is 0.243 e. The van der Waals surface area contributed by atoms with Crippen molar-refractivity contribution in [2.75, 3.05) is 13.1 Å². The Bertz CT molecular complexity index is 539. The fourth-order valence-corrected chi connectivity index (χ4v) is 2.77. The topological polar surface area (TPSA) is 77.5 Å². The van der Waals surface area contributed by atoms with Gasteiger partial charge in [0.1, 0.15) is 0 Å². The predicted octanol–water partition coefficient (Wildman–Crippen LogP) is 0.267. The Balaban J connectivity index is 3.11. The quantitative estimate of drug-likeness (QED) is 0.704. The van der Waals surface area contributed by atoms with E-state index < -0.39 is 22.5 Å². The average molecular weight is 289 g/mol. The molecule has 0 amide bonds. The number of hydrogen-bond acceptors (Lipinski definition) is 4. The first-order valence-corrected chi connectivity index (χ1v) is 6.76. The molecule has 0 atom stereocenters. The SMILES string of the molecule is C=CCN(CC(=O)[O-])S(=O)(=O)c1ccc(Cl)cc1. The molecule has 0 radical (unpaired) electrons. The molecule has 1 aromatic rings. The molecular weight excluding hydrogens is 278 g/mol. The fraction of sp³-hybridized carbons (Fsp3) is 0.182. The number of sulfonamides is 1. The van der Waals surface area contributed by atoms with Crippen LogP contribution in [0.15, 0.2) is 41.8 Å². The Morgan fingerprint density at radius 2 is 1.94 bits per heavy atom. The molecule has 0 saturated carbocycles. The third kappa shape index (κ3) is 3.56. The van der Waals surface area contributed by atoms with E-state index in [-0.39, 0.29) is 11.4 Å². The molecule has 1 rings (SSSR count). The van der Waals surface area contributed by atoms with E-state index in [1.807, 2.05) is 0 Å². The number of rotatable bonds is 6. The third-order valence-electron chi connectivity index (χ3n) is 2.09. The second kappa shape index (κ2) is 5.99. The summed E-state index contributed by atoms with van der Waals surface area (Å²) in [6, 6.07) is 5.45. The van der Waals surface area contributed by atoms with E-state index >= 15 is 0 Å². The van der Waals surface area contributed by atoms with Crippen molar-refractivity contribution in [2.24, 2.45) is 0 Å². The Hall–Kier alpha value is -1.37. The molecule has 0 unspecified atom stereocenters. The van der Waals surface area contributed by atoms with Gasteiger partial charge in [-0.05, 0) is 24.3 Å². The van der Waals surface area contributed by atoms with Crippen molar-refractivity contribution in [1.29, 1.82) is 0 Å². The highest BCUT2D eigenvalue weighted by molar-refractivity contribution is 7.89. The summed E-state index contributed by atoms with van der Waals surface area (Å²) in [5.74, 6) is -1.48. The Kier molecular flexibility index (Phi) is 4.89. The van der Waals surface area contributed by atoms with Crippen LogP contribution >= 0.6 is 11.6 Å². The van der Waals surface area contributed by atoms with Gasteiger partial charge in [0.25, 0.3) is 0 Å². The normalized spacial score (nSPS) is 11.4. The first-order chi connectivity index (χ1) is 8.37. The molecule has 7 heteroatoms. The lowest BCUT2D eigenvalue weighted by Crippen LogP contribution is -2.41. The number of benzene rings is 1. The number of carbonyl (C=O) groups is 1. The summed E-state index contributed by atoms with van der Waals surface area (Å²) in [5, 5.41) is 10.9. The Morgan fingerprint density at radius 3 is 2.39 bits per heavy atom. The van der Waals surface area contributed by atoms with Gasteiger partial charge in [0, 0.05) is 11.6 Å². The molecule has 0 saturated heterocycles. The van der Waals surface area contributed by atoms with Crippen LogP contribution in [0.4, 0.5) is 0 Å². The van der Waals surface area contributed by atoms with Crippen molar-refractivity contribution >= 4 is 27.6 Å². The van der Waals surface area contributed by atoms with Gasteiger partial charge in [-0.3, -0.25) is 0 Å². The van der Waals surface area contributed by atoms with Crippen LogP contribution in [-0.2, 0) is 14.8 Å². The lowest BCUT2D eigenvalue weighted by molar-refractivity contribution is -0.305. The van der Waals surface area contributed by atoms with Crippen LogP contribution in [0.25, 0.3) is 0 Å². The van der Waals surface area contributed by atoms with Gasteiger partial charge in [-0.2, -0.15) is 4.31 Å². The lowest BCUT2D eigenvalue weighted by Gasteiger charge is -2.21. The van der Waals surface area contributed by atoms with Crippen LogP contribution < -0.4 is 5.11 Å². The summed E-state index contributed by atoms with van der Waals surface area (Å²) in [4.78, 5) is 10.5. The molecule has 0 aromatic heterocycles. The molecule has 5 nitrogen and oxygen atoms in total. The van der Waals surface area contributed by atoms with Crippen LogP contribution in [0.1, 0.15) is 0 Å². The van der Waals surface area contributed by atoms with E-state index in [4.69, 9.17) is 11.6 Å². The predicted molar refractivity (Wildman–Crippen MR) is 65.4 cm³/mol. The first-order valence-electron chi connectivity index (χ1n) is 4.94. The summed E-state index contributed by atoms with van der Waals surface area (Å²) in [5.41, 5.74) is 0.